The topological polar surface area (TPSA) is 57.7 Å². The highest BCUT2D eigenvalue weighted by molar-refractivity contribution is 5.49. The van der Waals surface area contributed by atoms with Crippen LogP contribution in [0.25, 0.3) is 0 Å². The van der Waals surface area contributed by atoms with Crippen LogP contribution in [0.4, 0.5) is 5.82 Å². The van der Waals surface area contributed by atoms with Crippen LogP contribution in [-0.2, 0) is 18.3 Å². The van der Waals surface area contributed by atoms with Gasteiger partial charge in [-0.3, -0.25) is 5.10 Å². The Balaban J connectivity index is 1.68. The van der Waals surface area contributed by atoms with Crippen LogP contribution in [0.5, 0.6) is 0 Å². The van der Waals surface area contributed by atoms with Gasteiger partial charge in [-0.1, -0.05) is 13.3 Å². The molecule has 2 aliphatic rings. The second-order valence-corrected chi connectivity index (χ2v) is 7.09. The third-order valence-electron chi connectivity index (χ3n) is 5.48. The van der Waals surface area contributed by atoms with Gasteiger partial charge in [0.05, 0.1) is 6.20 Å². The van der Waals surface area contributed by atoms with E-state index in [9.17, 15) is 0 Å². The molecule has 0 bridgehead atoms. The minimum Gasteiger partial charge on any atom is -0.355 e. The van der Waals surface area contributed by atoms with E-state index in [1.165, 1.54) is 36.1 Å². The zero-order valence-corrected chi connectivity index (χ0v) is 14.1. The number of hydrogen-bond acceptors (Lipinski definition) is 4. The van der Waals surface area contributed by atoms with E-state index in [0.29, 0.717) is 0 Å². The molecule has 1 unspecified atom stereocenters. The Kier molecular flexibility index (Phi) is 3.58. The molecule has 1 atom stereocenters. The highest BCUT2D eigenvalue weighted by Gasteiger charge is 2.44. The van der Waals surface area contributed by atoms with E-state index < -0.39 is 0 Å². The molecule has 2 aromatic heterocycles. The van der Waals surface area contributed by atoms with Crippen molar-refractivity contribution in [1.82, 2.24) is 20.2 Å². The fourth-order valence-electron chi connectivity index (χ4n) is 4.38. The van der Waals surface area contributed by atoms with Gasteiger partial charge in [-0.15, -0.1) is 0 Å². The summed E-state index contributed by atoms with van der Waals surface area (Å²) < 4.78 is 0. The molecular formula is C18H25N5. The number of aromatic nitrogens is 4. The molecule has 0 amide bonds. The molecule has 1 aliphatic carbocycles. The van der Waals surface area contributed by atoms with Crippen LogP contribution in [0.3, 0.4) is 0 Å². The molecular weight excluding hydrogens is 286 g/mol. The predicted octanol–water partition coefficient (Wildman–Crippen LogP) is 2.95. The third-order valence-corrected chi connectivity index (χ3v) is 5.48. The van der Waals surface area contributed by atoms with Crippen molar-refractivity contribution in [2.45, 2.75) is 57.8 Å². The Morgan fingerprint density at radius 3 is 3.09 bits per heavy atom. The lowest BCUT2D eigenvalue weighted by Crippen LogP contribution is -2.46. The molecule has 4 rings (SSSR count). The van der Waals surface area contributed by atoms with E-state index >= 15 is 0 Å². The molecule has 0 radical (unpaired) electrons. The first-order chi connectivity index (χ1) is 11.2. The molecule has 1 aliphatic heterocycles. The van der Waals surface area contributed by atoms with Gasteiger partial charge in [-0.2, -0.15) is 5.10 Å². The maximum Gasteiger partial charge on any atom is 0.135 e. The Bertz CT molecular complexity index is 707. The van der Waals surface area contributed by atoms with Crippen LogP contribution in [0.2, 0.25) is 0 Å². The number of piperidine rings is 1. The number of aryl methyl sites for hydroxylation is 3. The van der Waals surface area contributed by atoms with Crippen molar-refractivity contribution >= 4 is 5.82 Å². The van der Waals surface area contributed by atoms with E-state index in [4.69, 9.17) is 4.98 Å². The van der Waals surface area contributed by atoms with E-state index in [2.05, 4.69) is 27.0 Å². The number of anilines is 1. The number of rotatable bonds is 3. The lowest BCUT2D eigenvalue weighted by atomic mass is 9.77. The number of hydrogen-bond donors (Lipinski definition) is 1. The molecule has 1 spiro atoms. The van der Waals surface area contributed by atoms with Crippen LogP contribution in [0.1, 0.15) is 55.3 Å². The third kappa shape index (κ3) is 2.42. The van der Waals surface area contributed by atoms with Crippen LogP contribution in [0.15, 0.2) is 12.4 Å². The van der Waals surface area contributed by atoms with Gasteiger partial charge in [0.2, 0.25) is 0 Å². The minimum absolute atomic E-state index is 0.242. The first-order valence-corrected chi connectivity index (χ1v) is 8.82. The monoisotopic (exact) mass is 311 g/mol. The van der Waals surface area contributed by atoms with E-state index in [1.54, 1.807) is 0 Å². The Labute approximate surface area is 137 Å². The van der Waals surface area contributed by atoms with Crippen molar-refractivity contribution < 1.29 is 0 Å². The summed E-state index contributed by atoms with van der Waals surface area (Å²) in [6, 6.07) is 0. The second kappa shape index (κ2) is 5.62. The van der Waals surface area contributed by atoms with Crippen molar-refractivity contribution in [3.63, 3.8) is 0 Å². The predicted molar refractivity (Wildman–Crippen MR) is 90.8 cm³/mol. The van der Waals surface area contributed by atoms with Crippen LogP contribution < -0.4 is 4.90 Å². The Morgan fingerprint density at radius 1 is 1.30 bits per heavy atom. The van der Waals surface area contributed by atoms with E-state index in [0.717, 1.165) is 44.0 Å². The molecule has 0 saturated carbocycles. The molecule has 0 aromatic carbocycles. The van der Waals surface area contributed by atoms with Gasteiger partial charge >= 0.3 is 0 Å². The number of nitrogens with one attached hydrogen (secondary N) is 1. The summed E-state index contributed by atoms with van der Waals surface area (Å²) in [4.78, 5) is 11.7. The van der Waals surface area contributed by atoms with E-state index in [-0.39, 0.29) is 5.41 Å². The van der Waals surface area contributed by atoms with Crippen molar-refractivity contribution in [1.29, 1.82) is 0 Å². The SMILES string of the molecule is CCCc1cnc(C)nc1N1CCCC2(CCc3cn[nH]c32)C1. The molecule has 5 nitrogen and oxygen atoms in total. The summed E-state index contributed by atoms with van der Waals surface area (Å²) in [5.74, 6) is 2.03. The summed E-state index contributed by atoms with van der Waals surface area (Å²) in [5, 5.41) is 7.58. The van der Waals surface area contributed by atoms with Gasteiger partial charge in [0.25, 0.3) is 0 Å². The molecule has 1 fully saturated rings. The van der Waals surface area contributed by atoms with Crippen molar-refractivity contribution in [3.8, 4) is 0 Å². The van der Waals surface area contributed by atoms with Gasteiger partial charge < -0.3 is 4.90 Å². The highest BCUT2D eigenvalue weighted by atomic mass is 15.2. The lowest BCUT2D eigenvalue weighted by molar-refractivity contribution is 0.331. The average Bonchev–Trinajstić information content (AvgIpc) is 3.15. The minimum atomic E-state index is 0.242. The standard InChI is InChI=1S/C18H25N5/c1-3-5-15-10-19-13(2)21-17(15)23-9-4-7-18(12-23)8-6-14-11-20-22-16(14)18/h10-11H,3-9,12H2,1-2H3,(H,20,22). The summed E-state index contributed by atoms with van der Waals surface area (Å²) in [6.45, 7) is 6.35. The van der Waals surface area contributed by atoms with Crippen molar-refractivity contribution in [2.75, 3.05) is 18.0 Å². The zero-order chi connectivity index (χ0) is 15.9. The summed E-state index contributed by atoms with van der Waals surface area (Å²) in [7, 11) is 0. The van der Waals surface area contributed by atoms with E-state index in [1.807, 2.05) is 19.3 Å². The molecule has 1 saturated heterocycles. The maximum absolute atomic E-state index is 4.80. The lowest BCUT2D eigenvalue weighted by Gasteiger charge is -2.41. The van der Waals surface area contributed by atoms with Gasteiger partial charge in [-0.05, 0) is 44.6 Å². The Morgan fingerprint density at radius 2 is 2.22 bits per heavy atom. The fraction of sp³-hybridized carbons (Fsp3) is 0.611. The Hall–Kier alpha value is -1.91. The van der Waals surface area contributed by atoms with Gasteiger partial charge in [0.15, 0.2) is 0 Å². The number of nitrogens with zero attached hydrogens (tertiary/aromatic N) is 4. The van der Waals surface area contributed by atoms with Gasteiger partial charge in [0, 0.05) is 36.0 Å². The molecule has 5 heteroatoms. The quantitative estimate of drug-likeness (QED) is 0.947. The average molecular weight is 311 g/mol. The van der Waals surface area contributed by atoms with Gasteiger partial charge in [0.1, 0.15) is 11.6 Å². The molecule has 1 N–H and O–H groups in total. The van der Waals surface area contributed by atoms with Crippen LogP contribution >= 0.6 is 0 Å². The highest BCUT2D eigenvalue weighted by Crippen LogP contribution is 2.44. The van der Waals surface area contributed by atoms with Crippen molar-refractivity contribution in [3.05, 3.63) is 35.0 Å². The van der Waals surface area contributed by atoms with Crippen LogP contribution in [-0.4, -0.2) is 33.3 Å². The number of fused-ring (bicyclic) bond motifs is 2. The molecule has 2 aromatic rings. The first kappa shape index (κ1) is 14.7. The summed E-state index contributed by atoms with van der Waals surface area (Å²) in [6.07, 6.45) is 11.1. The number of H-pyrrole nitrogens is 1. The van der Waals surface area contributed by atoms with Crippen molar-refractivity contribution in [2.24, 2.45) is 0 Å². The second-order valence-electron chi connectivity index (χ2n) is 7.09. The summed E-state index contributed by atoms with van der Waals surface area (Å²) >= 11 is 0. The molecule has 23 heavy (non-hydrogen) atoms. The maximum atomic E-state index is 4.80. The van der Waals surface area contributed by atoms with Gasteiger partial charge in [-0.25, -0.2) is 9.97 Å². The first-order valence-electron chi connectivity index (χ1n) is 8.82. The number of aromatic amines is 1. The molecule has 122 valence electrons. The fourth-order valence-corrected chi connectivity index (χ4v) is 4.38. The summed E-state index contributed by atoms with van der Waals surface area (Å²) in [5.41, 5.74) is 4.33. The van der Waals surface area contributed by atoms with Crippen LogP contribution in [0, 0.1) is 6.92 Å². The largest absolute Gasteiger partial charge is 0.355 e. The molecule has 3 heterocycles. The zero-order valence-electron chi connectivity index (χ0n) is 14.1. The smallest absolute Gasteiger partial charge is 0.135 e. The normalized spacial score (nSPS) is 23.5.